The van der Waals surface area contributed by atoms with Gasteiger partial charge >= 0.3 is 0 Å². The van der Waals surface area contributed by atoms with E-state index in [1.54, 1.807) is 30.3 Å². The van der Waals surface area contributed by atoms with E-state index in [1.165, 1.54) is 31.3 Å². The third-order valence-electron chi connectivity index (χ3n) is 6.97. The van der Waals surface area contributed by atoms with Gasteiger partial charge in [0.25, 0.3) is 0 Å². The summed E-state index contributed by atoms with van der Waals surface area (Å²) in [5.74, 6) is -1.02. The molecule has 0 bridgehead atoms. The average molecular weight is 527 g/mol. The molecule has 2 aromatic heterocycles. The SMILES string of the molecule is Cc1ccc(C(NC(=O)Cc2ccc3oc(C(C)(O)c4ccncc4F)cc3c2)c2ccc(F)cc2)c(C)c1. The van der Waals surface area contributed by atoms with E-state index in [-0.39, 0.29) is 29.5 Å². The second-order valence-electron chi connectivity index (χ2n) is 10.00. The molecule has 3 aromatic carbocycles. The Morgan fingerprint density at radius 1 is 1.03 bits per heavy atom. The van der Waals surface area contributed by atoms with Gasteiger partial charge in [-0.2, -0.15) is 0 Å². The minimum absolute atomic E-state index is 0.0504. The number of carbonyl (C=O) groups is 1. The number of pyridine rings is 1. The molecule has 7 heteroatoms. The Kier molecular flexibility index (Phi) is 7.02. The van der Waals surface area contributed by atoms with E-state index in [0.29, 0.717) is 11.0 Å². The number of halogens is 2. The predicted octanol–water partition coefficient (Wildman–Crippen LogP) is 6.43. The molecule has 2 N–H and O–H groups in total. The Bertz CT molecular complexity index is 1660. The Morgan fingerprint density at radius 3 is 2.51 bits per heavy atom. The van der Waals surface area contributed by atoms with E-state index in [2.05, 4.69) is 16.4 Å². The molecule has 5 aromatic rings. The molecular weight excluding hydrogens is 498 g/mol. The highest BCUT2D eigenvalue weighted by Crippen LogP contribution is 2.35. The standard InChI is InChI=1S/C32H28F2N2O3/c1-19-4-10-25(20(2)14-19)31(22-6-8-24(33)9-7-22)36-30(37)16-21-5-11-28-23(15-21)17-29(39-28)32(3,38)26-12-13-35-18-27(26)34/h4-15,17-18,31,38H,16H2,1-3H3,(H,36,37). The van der Waals surface area contributed by atoms with Crippen LogP contribution in [0.1, 0.15) is 52.1 Å². The van der Waals surface area contributed by atoms with Gasteiger partial charge in [0.05, 0.1) is 18.7 Å². The van der Waals surface area contributed by atoms with Gasteiger partial charge in [0.1, 0.15) is 28.6 Å². The summed E-state index contributed by atoms with van der Waals surface area (Å²) in [6, 6.07) is 20.1. The van der Waals surface area contributed by atoms with Crippen molar-refractivity contribution < 1.29 is 23.1 Å². The number of carbonyl (C=O) groups excluding carboxylic acids is 1. The number of hydrogen-bond acceptors (Lipinski definition) is 4. The molecule has 0 radical (unpaired) electrons. The van der Waals surface area contributed by atoms with Crippen molar-refractivity contribution in [2.24, 2.45) is 0 Å². The highest BCUT2D eigenvalue weighted by Gasteiger charge is 2.32. The number of nitrogens with zero attached hydrogens (tertiary/aromatic N) is 1. The molecule has 1 amide bonds. The van der Waals surface area contributed by atoms with Gasteiger partial charge in [-0.15, -0.1) is 0 Å². The van der Waals surface area contributed by atoms with Gasteiger partial charge in [0, 0.05) is 17.1 Å². The van der Waals surface area contributed by atoms with Crippen LogP contribution in [-0.2, 0) is 16.8 Å². The zero-order chi connectivity index (χ0) is 27.7. The van der Waals surface area contributed by atoms with Crippen LogP contribution >= 0.6 is 0 Å². The summed E-state index contributed by atoms with van der Waals surface area (Å²) in [4.78, 5) is 17.0. The van der Waals surface area contributed by atoms with Gasteiger partial charge in [-0.25, -0.2) is 8.78 Å². The molecule has 0 fully saturated rings. The lowest BCUT2D eigenvalue weighted by atomic mass is 9.93. The Hall–Kier alpha value is -4.36. The van der Waals surface area contributed by atoms with Crippen molar-refractivity contribution in [3.63, 3.8) is 0 Å². The first-order valence-corrected chi connectivity index (χ1v) is 12.6. The van der Waals surface area contributed by atoms with Crippen molar-refractivity contribution >= 4 is 16.9 Å². The van der Waals surface area contributed by atoms with Crippen LogP contribution in [0.15, 0.2) is 89.6 Å². The molecule has 0 saturated heterocycles. The molecule has 0 aliphatic heterocycles. The molecule has 5 nitrogen and oxygen atoms in total. The highest BCUT2D eigenvalue weighted by molar-refractivity contribution is 5.83. The third-order valence-corrected chi connectivity index (χ3v) is 6.97. The van der Waals surface area contributed by atoms with Crippen molar-refractivity contribution in [2.75, 3.05) is 0 Å². The quantitative estimate of drug-likeness (QED) is 0.256. The maximum absolute atomic E-state index is 14.3. The molecule has 2 unspecified atom stereocenters. The topological polar surface area (TPSA) is 75.4 Å². The number of hydrogen-bond donors (Lipinski definition) is 2. The van der Waals surface area contributed by atoms with Gasteiger partial charge in [0.15, 0.2) is 0 Å². The first-order valence-electron chi connectivity index (χ1n) is 12.6. The number of aliphatic hydroxyl groups is 1. The number of furan rings is 1. The van der Waals surface area contributed by atoms with Gasteiger partial charge in [-0.1, -0.05) is 42.0 Å². The molecule has 0 aliphatic rings. The number of amides is 1. The summed E-state index contributed by atoms with van der Waals surface area (Å²) >= 11 is 0. The maximum atomic E-state index is 14.3. The maximum Gasteiger partial charge on any atom is 0.225 e. The Morgan fingerprint density at radius 2 is 1.79 bits per heavy atom. The van der Waals surface area contributed by atoms with E-state index in [4.69, 9.17) is 4.42 Å². The summed E-state index contributed by atoms with van der Waals surface area (Å²) < 4.78 is 33.8. The van der Waals surface area contributed by atoms with Crippen LogP contribution in [0.25, 0.3) is 11.0 Å². The summed E-state index contributed by atoms with van der Waals surface area (Å²) in [5, 5.41) is 14.9. The van der Waals surface area contributed by atoms with E-state index < -0.39 is 17.5 Å². The fourth-order valence-electron chi connectivity index (χ4n) is 4.89. The molecule has 0 saturated carbocycles. The van der Waals surface area contributed by atoms with Crippen molar-refractivity contribution in [3.8, 4) is 0 Å². The predicted molar refractivity (Wildman–Crippen MR) is 145 cm³/mol. The van der Waals surface area contributed by atoms with Gasteiger partial charge in [0.2, 0.25) is 5.91 Å². The van der Waals surface area contributed by atoms with E-state index >= 15 is 0 Å². The van der Waals surface area contributed by atoms with Crippen LogP contribution in [-0.4, -0.2) is 16.0 Å². The molecular formula is C32H28F2N2O3. The highest BCUT2D eigenvalue weighted by atomic mass is 19.1. The first-order chi connectivity index (χ1) is 18.6. The van der Waals surface area contributed by atoms with Gasteiger partial charge in [-0.3, -0.25) is 9.78 Å². The summed E-state index contributed by atoms with van der Waals surface area (Å²) in [6.07, 6.45) is 2.54. The zero-order valence-electron chi connectivity index (χ0n) is 21.8. The Labute approximate surface area is 225 Å². The van der Waals surface area contributed by atoms with Crippen LogP contribution in [0.3, 0.4) is 0 Å². The number of aromatic nitrogens is 1. The van der Waals surface area contributed by atoms with Gasteiger partial charge < -0.3 is 14.8 Å². The number of benzene rings is 3. The largest absolute Gasteiger partial charge is 0.458 e. The lowest BCUT2D eigenvalue weighted by Gasteiger charge is -2.22. The van der Waals surface area contributed by atoms with Crippen LogP contribution in [0.5, 0.6) is 0 Å². The van der Waals surface area contributed by atoms with Crippen molar-refractivity contribution in [1.29, 1.82) is 0 Å². The summed E-state index contributed by atoms with van der Waals surface area (Å²) in [5.41, 5.74) is 3.42. The zero-order valence-corrected chi connectivity index (χ0v) is 21.8. The van der Waals surface area contributed by atoms with Crippen molar-refractivity contribution in [3.05, 3.63) is 136 Å². The molecule has 198 valence electrons. The molecule has 0 aliphatic carbocycles. The fraction of sp³-hybridized carbons (Fsp3) is 0.188. The number of aryl methyl sites for hydroxylation is 2. The van der Waals surface area contributed by atoms with Crippen LogP contribution < -0.4 is 5.32 Å². The van der Waals surface area contributed by atoms with Crippen LogP contribution in [0.4, 0.5) is 8.78 Å². The van der Waals surface area contributed by atoms with Crippen molar-refractivity contribution in [2.45, 2.75) is 38.8 Å². The monoisotopic (exact) mass is 526 g/mol. The molecule has 39 heavy (non-hydrogen) atoms. The number of fused-ring (bicyclic) bond motifs is 1. The molecule has 5 rings (SSSR count). The first kappa shape index (κ1) is 26.3. The molecule has 2 heterocycles. The average Bonchev–Trinajstić information content (AvgIpc) is 3.33. The van der Waals surface area contributed by atoms with Crippen molar-refractivity contribution in [1.82, 2.24) is 10.3 Å². The lowest BCUT2D eigenvalue weighted by molar-refractivity contribution is -0.120. The number of rotatable bonds is 7. The second kappa shape index (κ2) is 10.4. The second-order valence-corrected chi connectivity index (χ2v) is 10.00. The van der Waals surface area contributed by atoms with E-state index in [0.717, 1.165) is 34.0 Å². The summed E-state index contributed by atoms with van der Waals surface area (Å²) in [6.45, 7) is 5.45. The minimum atomic E-state index is -1.71. The van der Waals surface area contributed by atoms with E-state index in [9.17, 15) is 18.7 Å². The van der Waals surface area contributed by atoms with Crippen LogP contribution in [0.2, 0.25) is 0 Å². The molecule has 0 spiro atoms. The van der Waals surface area contributed by atoms with Gasteiger partial charge in [-0.05, 0) is 79.4 Å². The third kappa shape index (κ3) is 5.45. The normalized spacial score (nSPS) is 13.7. The van der Waals surface area contributed by atoms with Crippen LogP contribution in [0, 0.1) is 25.5 Å². The van der Waals surface area contributed by atoms with E-state index in [1.807, 2.05) is 32.0 Å². The smallest absolute Gasteiger partial charge is 0.225 e. The minimum Gasteiger partial charge on any atom is -0.458 e. The summed E-state index contributed by atoms with van der Waals surface area (Å²) in [7, 11) is 0. The number of nitrogens with one attached hydrogen (secondary N) is 1. The lowest BCUT2D eigenvalue weighted by Crippen LogP contribution is -2.31. The Balaban J connectivity index is 1.40. The fourth-order valence-corrected chi connectivity index (χ4v) is 4.89. The molecule has 2 atom stereocenters.